The van der Waals surface area contributed by atoms with E-state index in [1.165, 1.54) is 86.2 Å². The predicted octanol–water partition coefficient (Wildman–Crippen LogP) is 11.1. The smallest absolute Gasteiger partial charge is 0.150 e. The normalized spacial score (nSPS) is 12.3. The minimum atomic E-state index is 0.766. The summed E-state index contributed by atoms with van der Waals surface area (Å²) in [5, 5.41) is 22.0. The van der Waals surface area contributed by atoms with Crippen molar-refractivity contribution >= 4 is 110 Å². The number of rotatable bonds is 2. The van der Waals surface area contributed by atoms with Crippen LogP contribution in [0.15, 0.2) is 121 Å². The van der Waals surface area contributed by atoms with E-state index in [2.05, 4.69) is 109 Å². The van der Waals surface area contributed by atoms with Gasteiger partial charge in [0, 0.05) is 21.9 Å². The second-order valence-corrected chi connectivity index (χ2v) is 11.9. The largest absolute Gasteiger partial charge is 0.298 e. The van der Waals surface area contributed by atoms with E-state index in [1.807, 2.05) is 12.1 Å². The molecule has 202 valence electrons. The number of hydrogen-bond donors (Lipinski definition) is 0. The third-order valence-corrected chi connectivity index (χ3v) is 9.84. The second-order valence-electron chi connectivity index (χ2n) is 11.9. The van der Waals surface area contributed by atoms with Gasteiger partial charge < -0.3 is 0 Å². The van der Waals surface area contributed by atoms with Crippen molar-refractivity contribution < 1.29 is 9.59 Å². The number of fused-ring (bicyclic) bond motifs is 3. The maximum atomic E-state index is 11.7. The van der Waals surface area contributed by atoms with Gasteiger partial charge in [-0.1, -0.05) is 103 Å². The van der Waals surface area contributed by atoms with Gasteiger partial charge in [-0.05, 0) is 104 Å². The average molecular weight is 559 g/mol. The highest BCUT2D eigenvalue weighted by Gasteiger charge is 2.21. The van der Waals surface area contributed by atoms with Gasteiger partial charge in [0.1, 0.15) is 0 Å². The molecule has 0 fully saturated rings. The molecule has 0 saturated heterocycles. The molecule has 0 aliphatic rings. The average Bonchev–Trinajstić information content (AvgIpc) is 3.08. The molecule has 0 aliphatic heterocycles. The molecule has 2 nitrogen and oxygen atoms in total. The van der Waals surface area contributed by atoms with Crippen LogP contribution in [-0.4, -0.2) is 12.6 Å². The van der Waals surface area contributed by atoms with Crippen molar-refractivity contribution in [1.82, 2.24) is 0 Å². The zero-order chi connectivity index (χ0) is 29.1. The van der Waals surface area contributed by atoms with Gasteiger partial charge in [0.05, 0.1) is 0 Å². The summed E-state index contributed by atoms with van der Waals surface area (Å²) in [5.41, 5.74) is 1.58. The van der Waals surface area contributed by atoms with Crippen molar-refractivity contribution in [3.8, 4) is 0 Å². The SMILES string of the molecule is O=Cc1cc2c3cc2c2c(c3)c3cccc4cccc(c12)c43.O=Cc1ccc2cccc3c4cccc5cccc(c1c23)c54. The highest BCUT2D eigenvalue weighted by atomic mass is 16.1. The minimum Gasteiger partial charge on any atom is -0.298 e. The first kappa shape index (κ1) is 23.7. The maximum absolute atomic E-state index is 11.7. The third kappa shape index (κ3) is 2.85. The molecule has 12 aromatic rings. The van der Waals surface area contributed by atoms with E-state index in [-0.39, 0.29) is 0 Å². The molecule has 0 saturated carbocycles. The number of carbonyl (C=O) groups is 2. The fourth-order valence-electron chi connectivity index (χ4n) is 8.04. The molecule has 4 bridgehead atoms. The summed E-state index contributed by atoms with van der Waals surface area (Å²) in [4.78, 5) is 23.3. The van der Waals surface area contributed by atoms with Crippen LogP contribution < -0.4 is 0 Å². The summed E-state index contributed by atoms with van der Waals surface area (Å²) in [6, 6.07) is 42.5. The van der Waals surface area contributed by atoms with Crippen molar-refractivity contribution in [2.75, 3.05) is 0 Å². The van der Waals surface area contributed by atoms with Gasteiger partial charge in [0.15, 0.2) is 12.6 Å². The van der Waals surface area contributed by atoms with E-state index >= 15 is 0 Å². The molecular formula is C42H22O2. The number of benzene rings is 11. The van der Waals surface area contributed by atoms with Crippen LogP contribution in [0.4, 0.5) is 0 Å². The lowest BCUT2D eigenvalue weighted by Crippen LogP contribution is -1.95. The van der Waals surface area contributed by atoms with E-state index in [1.54, 1.807) is 0 Å². The van der Waals surface area contributed by atoms with E-state index in [4.69, 9.17) is 0 Å². The monoisotopic (exact) mass is 558 g/mol. The van der Waals surface area contributed by atoms with Crippen LogP contribution in [0.5, 0.6) is 0 Å². The Morgan fingerprint density at radius 1 is 0.295 bits per heavy atom. The van der Waals surface area contributed by atoms with Crippen LogP contribution in [0, 0.1) is 0 Å². The number of hydrogen-bond acceptors (Lipinski definition) is 2. The molecule has 0 aromatic heterocycles. The first-order valence-electron chi connectivity index (χ1n) is 14.9. The maximum Gasteiger partial charge on any atom is 0.150 e. The zero-order valence-corrected chi connectivity index (χ0v) is 23.5. The van der Waals surface area contributed by atoms with Gasteiger partial charge in [-0.15, -0.1) is 0 Å². The Balaban J connectivity index is 0.000000116. The van der Waals surface area contributed by atoms with Crippen molar-refractivity contribution in [2.24, 2.45) is 0 Å². The summed E-state index contributed by atoms with van der Waals surface area (Å²) < 4.78 is 0. The molecule has 0 aliphatic carbocycles. The fourth-order valence-corrected chi connectivity index (χ4v) is 8.04. The Hall–Kier alpha value is -5.86. The van der Waals surface area contributed by atoms with Crippen molar-refractivity contribution in [1.29, 1.82) is 0 Å². The summed E-state index contributed by atoms with van der Waals surface area (Å²) in [6.45, 7) is 0. The molecule has 2 heteroatoms. The van der Waals surface area contributed by atoms with Crippen molar-refractivity contribution in [3.63, 3.8) is 0 Å². The van der Waals surface area contributed by atoms with E-state index in [9.17, 15) is 9.59 Å². The van der Waals surface area contributed by atoms with E-state index < -0.39 is 0 Å². The van der Waals surface area contributed by atoms with Gasteiger partial charge in [0.25, 0.3) is 0 Å². The Bertz CT molecular complexity index is 2780. The summed E-state index contributed by atoms with van der Waals surface area (Å²) in [5.74, 6) is 0. The molecule has 0 unspecified atom stereocenters. The summed E-state index contributed by atoms with van der Waals surface area (Å²) in [6.07, 6.45) is 1.98. The lowest BCUT2D eigenvalue weighted by molar-refractivity contribution is 0.111. The molecule has 0 spiro atoms. The van der Waals surface area contributed by atoms with Crippen LogP contribution in [-0.2, 0) is 0 Å². The van der Waals surface area contributed by atoms with Gasteiger partial charge in [-0.2, -0.15) is 0 Å². The molecule has 0 N–H and O–H groups in total. The van der Waals surface area contributed by atoms with Gasteiger partial charge in [-0.25, -0.2) is 0 Å². The Morgan fingerprint density at radius 3 is 1.32 bits per heavy atom. The van der Waals surface area contributed by atoms with Crippen LogP contribution in [0.25, 0.3) is 97.0 Å². The fraction of sp³-hybridized carbons (Fsp3) is 0. The molecular weight excluding hydrogens is 536 g/mol. The first-order chi connectivity index (χ1) is 21.7. The molecule has 0 atom stereocenters. The van der Waals surface area contributed by atoms with Crippen molar-refractivity contribution in [3.05, 3.63) is 132 Å². The van der Waals surface area contributed by atoms with E-state index in [0.717, 1.165) is 34.5 Å². The molecule has 12 rings (SSSR count). The van der Waals surface area contributed by atoms with Gasteiger partial charge in [-0.3, -0.25) is 9.59 Å². The number of aldehydes is 2. The Kier molecular flexibility index (Phi) is 4.50. The number of carbonyl (C=O) groups excluding carboxylic acids is 2. The zero-order valence-electron chi connectivity index (χ0n) is 23.5. The Morgan fingerprint density at radius 2 is 0.750 bits per heavy atom. The topological polar surface area (TPSA) is 34.1 Å². The molecule has 12 aromatic carbocycles. The second kappa shape index (κ2) is 8.37. The predicted molar refractivity (Wildman–Crippen MR) is 186 cm³/mol. The highest BCUT2D eigenvalue weighted by Crippen LogP contribution is 2.47. The molecule has 44 heavy (non-hydrogen) atoms. The van der Waals surface area contributed by atoms with Crippen LogP contribution in [0.1, 0.15) is 20.7 Å². The van der Waals surface area contributed by atoms with Crippen LogP contribution >= 0.6 is 0 Å². The lowest BCUT2D eigenvalue weighted by Gasteiger charge is -2.21. The molecule has 0 amide bonds. The lowest BCUT2D eigenvalue weighted by atomic mass is 9.82. The minimum absolute atomic E-state index is 0.766. The first-order valence-corrected chi connectivity index (χ1v) is 14.9. The molecule has 0 heterocycles. The summed E-state index contributed by atoms with van der Waals surface area (Å²) >= 11 is 0. The van der Waals surface area contributed by atoms with Gasteiger partial charge in [0.2, 0.25) is 0 Å². The summed E-state index contributed by atoms with van der Waals surface area (Å²) in [7, 11) is 0. The quantitative estimate of drug-likeness (QED) is 0.120. The van der Waals surface area contributed by atoms with Crippen LogP contribution in [0.2, 0.25) is 0 Å². The van der Waals surface area contributed by atoms with Crippen LogP contribution in [0.3, 0.4) is 0 Å². The highest BCUT2D eigenvalue weighted by molar-refractivity contribution is 6.41. The standard InChI is InChI=1S/C21H10O.C21H12O/c22-10-13-9-16-12-7-17-14-5-1-3-11-4-2-6-15(19(11)14)20(13)21(17)18(16)8-12;22-12-15-11-10-14-6-2-8-17-16-7-1-4-13-5-3-9-18(19(13)16)21(15)20(14)17/h1-10H;1-12H. The Labute approximate surface area is 251 Å². The van der Waals surface area contributed by atoms with E-state index in [0.29, 0.717) is 0 Å². The third-order valence-electron chi connectivity index (χ3n) is 9.84. The molecule has 0 radical (unpaired) electrons. The van der Waals surface area contributed by atoms with Gasteiger partial charge >= 0.3 is 0 Å². The van der Waals surface area contributed by atoms with Crippen molar-refractivity contribution in [2.45, 2.75) is 0 Å².